The second-order valence-electron chi connectivity index (χ2n) is 6.84. The summed E-state index contributed by atoms with van der Waals surface area (Å²) >= 11 is 0. The van der Waals surface area contributed by atoms with E-state index in [0.717, 1.165) is 6.29 Å². The van der Waals surface area contributed by atoms with E-state index in [9.17, 15) is 13.6 Å². The minimum absolute atomic E-state index is 0.0282. The molecule has 1 unspecified atom stereocenters. The number of alkyl halides is 2. The third-order valence-corrected chi connectivity index (χ3v) is 8.73. The molecule has 0 bridgehead atoms. The summed E-state index contributed by atoms with van der Waals surface area (Å²) in [6.07, 6.45) is 0.407. The topological polar surface area (TPSA) is 26.3 Å². The van der Waals surface area contributed by atoms with E-state index >= 15 is 0 Å². The Hall–Kier alpha value is -0.293. The number of aldehydes is 1. The number of rotatable bonds is 5. The lowest BCUT2D eigenvalue weighted by molar-refractivity contribution is -0.142. The first kappa shape index (κ1) is 15.8. The maximum Gasteiger partial charge on any atom is 0.248 e. The first-order valence-electron chi connectivity index (χ1n) is 6.48. The van der Waals surface area contributed by atoms with E-state index in [1.165, 1.54) is 0 Å². The van der Waals surface area contributed by atoms with Crippen LogP contribution in [-0.2, 0) is 9.22 Å². The molecule has 1 aliphatic rings. The fourth-order valence-electron chi connectivity index (χ4n) is 1.96. The van der Waals surface area contributed by atoms with Crippen molar-refractivity contribution >= 4 is 14.6 Å². The molecule has 0 saturated heterocycles. The Balaban J connectivity index is 2.67. The lowest BCUT2D eigenvalue weighted by Gasteiger charge is -2.45. The quantitative estimate of drug-likeness (QED) is 0.561. The number of hydrogen-bond acceptors (Lipinski definition) is 2. The van der Waals surface area contributed by atoms with Crippen LogP contribution in [0.4, 0.5) is 8.78 Å². The van der Waals surface area contributed by atoms with Crippen LogP contribution in [0.3, 0.4) is 0 Å². The first-order chi connectivity index (χ1) is 7.98. The zero-order chi connectivity index (χ0) is 14.2. The highest BCUT2D eigenvalue weighted by Gasteiger charge is 2.50. The monoisotopic (exact) mass is 278 g/mol. The van der Waals surface area contributed by atoms with E-state index in [1.807, 2.05) is 0 Å². The number of carbonyl (C=O) groups excluding carboxylic acids is 1. The standard InChI is InChI=1S/C13H24F2O2Si/c1-12(2,3)18(4,5)17-11(6-7-16)10-8-13(14,15)9-10/h7,10-11H,6,8-9H2,1-5H3. The van der Waals surface area contributed by atoms with Gasteiger partial charge in [-0.1, -0.05) is 20.8 Å². The molecular weight excluding hydrogens is 254 g/mol. The zero-order valence-electron chi connectivity index (χ0n) is 11.9. The second-order valence-corrected chi connectivity index (χ2v) is 11.6. The molecule has 1 rings (SSSR count). The molecule has 1 fully saturated rings. The van der Waals surface area contributed by atoms with Gasteiger partial charge in [-0.15, -0.1) is 0 Å². The molecule has 2 nitrogen and oxygen atoms in total. The average molecular weight is 278 g/mol. The van der Waals surface area contributed by atoms with Crippen LogP contribution < -0.4 is 0 Å². The highest BCUT2D eigenvalue weighted by molar-refractivity contribution is 6.74. The average Bonchev–Trinajstić information content (AvgIpc) is 2.11. The van der Waals surface area contributed by atoms with Gasteiger partial charge in [0.25, 0.3) is 0 Å². The van der Waals surface area contributed by atoms with Crippen molar-refractivity contribution in [2.45, 2.75) is 70.2 Å². The van der Waals surface area contributed by atoms with Crippen LogP contribution in [0.25, 0.3) is 0 Å². The molecule has 5 heteroatoms. The molecule has 0 amide bonds. The van der Waals surface area contributed by atoms with Gasteiger partial charge in [-0.05, 0) is 24.1 Å². The van der Waals surface area contributed by atoms with Gasteiger partial charge in [-0.3, -0.25) is 0 Å². The molecule has 0 aliphatic heterocycles. The van der Waals surface area contributed by atoms with Crippen LogP contribution in [-0.4, -0.2) is 26.6 Å². The zero-order valence-corrected chi connectivity index (χ0v) is 12.9. The molecule has 0 N–H and O–H groups in total. The van der Waals surface area contributed by atoms with Crippen molar-refractivity contribution in [3.05, 3.63) is 0 Å². The van der Waals surface area contributed by atoms with E-state index < -0.39 is 14.2 Å². The van der Waals surface area contributed by atoms with Crippen molar-refractivity contribution in [3.63, 3.8) is 0 Å². The summed E-state index contributed by atoms with van der Waals surface area (Å²) in [5, 5.41) is 0.0282. The largest absolute Gasteiger partial charge is 0.413 e. The van der Waals surface area contributed by atoms with Gasteiger partial charge in [0.05, 0.1) is 6.10 Å². The maximum absolute atomic E-state index is 12.9. The fourth-order valence-corrected chi connectivity index (χ4v) is 3.36. The molecule has 0 aromatic rings. The summed E-state index contributed by atoms with van der Waals surface area (Å²) in [5.74, 6) is -2.72. The summed E-state index contributed by atoms with van der Waals surface area (Å²) in [4.78, 5) is 10.7. The Morgan fingerprint density at radius 2 is 1.89 bits per heavy atom. The molecule has 0 spiro atoms. The SMILES string of the molecule is CC(C)(C)[Si](C)(C)OC(CC=O)C1CC(F)(F)C1. The summed E-state index contributed by atoms with van der Waals surface area (Å²) in [5.41, 5.74) is 0. The molecule has 106 valence electrons. The van der Waals surface area contributed by atoms with E-state index in [2.05, 4.69) is 33.9 Å². The molecule has 0 heterocycles. The number of halogens is 2. The minimum Gasteiger partial charge on any atom is -0.413 e. The van der Waals surface area contributed by atoms with Gasteiger partial charge in [-0.25, -0.2) is 8.78 Å². The Labute approximate surface area is 109 Å². The van der Waals surface area contributed by atoms with Crippen LogP contribution in [0.2, 0.25) is 18.1 Å². The van der Waals surface area contributed by atoms with Gasteiger partial charge in [0.15, 0.2) is 8.32 Å². The number of hydrogen-bond donors (Lipinski definition) is 0. The van der Waals surface area contributed by atoms with Crippen LogP contribution in [0.15, 0.2) is 0 Å². The molecule has 1 saturated carbocycles. The molecule has 1 aliphatic carbocycles. The Morgan fingerprint density at radius 1 is 1.39 bits per heavy atom. The van der Waals surface area contributed by atoms with Crippen LogP contribution in [0.1, 0.15) is 40.0 Å². The summed E-state index contributed by atoms with van der Waals surface area (Å²) in [6.45, 7) is 10.5. The predicted octanol–water partition coefficient (Wildman–Crippen LogP) is 4.01. The van der Waals surface area contributed by atoms with E-state index in [-0.39, 0.29) is 36.3 Å². The van der Waals surface area contributed by atoms with Crippen LogP contribution >= 0.6 is 0 Å². The minimum atomic E-state index is -2.55. The molecular formula is C13H24F2O2Si. The lowest BCUT2D eigenvalue weighted by atomic mass is 9.77. The molecule has 1 atom stereocenters. The van der Waals surface area contributed by atoms with Crippen molar-refractivity contribution in [1.29, 1.82) is 0 Å². The van der Waals surface area contributed by atoms with Crippen molar-refractivity contribution in [2.24, 2.45) is 5.92 Å². The van der Waals surface area contributed by atoms with E-state index in [4.69, 9.17) is 4.43 Å². The summed E-state index contributed by atoms with van der Waals surface area (Å²) < 4.78 is 32.0. The van der Waals surface area contributed by atoms with Crippen molar-refractivity contribution in [2.75, 3.05) is 0 Å². The predicted molar refractivity (Wildman–Crippen MR) is 70.4 cm³/mol. The molecule has 0 aromatic heterocycles. The van der Waals surface area contributed by atoms with E-state index in [1.54, 1.807) is 0 Å². The maximum atomic E-state index is 12.9. The van der Waals surface area contributed by atoms with Gasteiger partial charge in [0.1, 0.15) is 6.29 Å². The van der Waals surface area contributed by atoms with Gasteiger partial charge in [0.2, 0.25) is 5.92 Å². The van der Waals surface area contributed by atoms with Gasteiger partial charge in [0, 0.05) is 19.3 Å². The van der Waals surface area contributed by atoms with Crippen molar-refractivity contribution < 1.29 is 18.0 Å². The first-order valence-corrected chi connectivity index (χ1v) is 9.39. The van der Waals surface area contributed by atoms with Crippen LogP contribution in [0, 0.1) is 5.92 Å². The molecule has 0 radical (unpaired) electrons. The Bertz CT molecular complexity index is 303. The molecule has 18 heavy (non-hydrogen) atoms. The fraction of sp³-hybridized carbons (Fsp3) is 0.923. The van der Waals surface area contributed by atoms with Gasteiger partial charge < -0.3 is 9.22 Å². The lowest BCUT2D eigenvalue weighted by Crippen LogP contribution is -2.50. The normalized spacial score (nSPS) is 22.4. The third kappa shape index (κ3) is 3.60. The number of carbonyl (C=O) groups is 1. The Kier molecular flexibility index (Phi) is 4.38. The summed E-state index contributed by atoms with van der Waals surface area (Å²) in [6, 6.07) is 0. The van der Waals surface area contributed by atoms with Gasteiger partial charge in [-0.2, -0.15) is 0 Å². The highest BCUT2D eigenvalue weighted by atomic mass is 28.4. The summed E-state index contributed by atoms with van der Waals surface area (Å²) in [7, 11) is -2.00. The van der Waals surface area contributed by atoms with Crippen molar-refractivity contribution in [3.8, 4) is 0 Å². The highest BCUT2D eigenvalue weighted by Crippen LogP contribution is 2.47. The van der Waals surface area contributed by atoms with Crippen LogP contribution in [0.5, 0.6) is 0 Å². The van der Waals surface area contributed by atoms with E-state index in [0.29, 0.717) is 0 Å². The second kappa shape index (κ2) is 5.00. The van der Waals surface area contributed by atoms with Gasteiger partial charge >= 0.3 is 0 Å². The third-order valence-electron chi connectivity index (χ3n) is 4.23. The molecule has 0 aromatic carbocycles. The van der Waals surface area contributed by atoms with Crippen molar-refractivity contribution in [1.82, 2.24) is 0 Å². The smallest absolute Gasteiger partial charge is 0.248 e. The Morgan fingerprint density at radius 3 is 2.22 bits per heavy atom.